The number of nitrogens with two attached hydrogens (primary N) is 1. The highest BCUT2D eigenvalue weighted by Gasteiger charge is 2.31. The molecule has 1 aromatic carbocycles. The summed E-state index contributed by atoms with van der Waals surface area (Å²) in [6.45, 7) is 7.83. The minimum absolute atomic E-state index is 0. The van der Waals surface area contributed by atoms with E-state index in [1.807, 2.05) is 45.0 Å². The molecule has 1 unspecified atom stereocenters. The van der Waals surface area contributed by atoms with E-state index in [0.29, 0.717) is 5.13 Å². The highest BCUT2D eigenvalue weighted by molar-refractivity contribution is 9.10. The Balaban J connectivity index is 0.00000264. The van der Waals surface area contributed by atoms with Gasteiger partial charge in [0.05, 0.1) is 0 Å². The third-order valence-corrected chi connectivity index (χ3v) is 5.00. The normalized spacial score (nSPS) is 13.8. The van der Waals surface area contributed by atoms with E-state index < -0.39 is 5.54 Å². The van der Waals surface area contributed by atoms with Gasteiger partial charge in [0, 0.05) is 9.89 Å². The second kappa shape index (κ2) is 7.25. The van der Waals surface area contributed by atoms with Crippen molar-refractivity contribution < 1.29 is 4.79 Å². The average Bonchev–Trinajstić information content (AvgIpc) is 2.87. The predicted octanol–water partition coefficient (Wildman–Crippen LogP) is 3.83. The lowest BCUT2D eigenvalue weighted by molar-refractivity contribution is -0.120. The van der Waals surface area contributed by atoms with E-state index >= 15 is 0 Å². The summed E-state index contributed by atoms with van der Waals surface area (Å²) in [4.78, 5) is 12.5. The van der Waals surface area contributed by atoms with Gasteiger partial charge in [0.15, 0.2) is 0 Å². The van der Waals surface area contributed by atoms with Crippen LogP contribution in [0.1, 0.15) is 38.3 Å². The molecule has 2 aromatic rings. The Morgan fingerprint density at radius 3 is 2.22 bits per heavy atom. The number of hydrogen-bond acceptors (Lipinski definition) is 5. The number of aromatic nitrogens is 2. The summed E-state index contributed by atoms with van der Waals surface area (Å²) in [7, 11) is 0. The Morgan fingerprint density at radius 2 is 1.74 bits per heavy atom. The topological polar surface area (TPSA) is 80.9 Å². The lowest BCUT2D eigenvalue weighted by Crippen LogP contribution is -2.45. The molecule has 1 heterocycles. The number of anilines is 1. The number of nitrogens with zero attached hydrogens (tertiary/aromatic N) is 2. The number of halogens is 2. The molecule has 0 saturated heterocycles. The molecule has 0 aliphatic carbocycles. The molecule has 2 rings (SSSR count). The number of amides is 1. The van der Waals surface area contributed by atoms with Crippen molar-refractivity contribution in [3.63, 3.8) is 0 Å². The lowest BCUT2D eigenvalue weighted by Gasteiger charge is -2.23. The Kier molecular flexibility index (Phi) is 6.32. The number of carbonyl (C=O) groups is 1. The monoisotopic (exact) mass is 418 g/mol. The van der Waals surface area contributed by atoms with E-state index in [-0.39, 0.29) is 23.7 Å². The number of benzene rings is 1. The summed E-state index contributed by atoms with van der Waals surface area (Å²) >= 11 is 4.73. The fraction of sp³-hybridized carbons (Fsp3) is 0.400. The molecule has 5 nitrogen and oxygen atoms in total. The molecule has 0 aliphatic heterocycles. The third-order valence-electron chi connectivity index (χ3n) is 3.20. The van der Waals surface area contributed by atoms with E-state index in [1.54, 1.807) is 6.92 Å². The van der Waals surface area contributed by atoms with Crippen LogP contribution in [0.15, 0.2) is 28.7 Å². The minimum atomic E-state index is -1.14. The van der Waals surface area contributed by atoms with Crippen LogP contribution in [0, 0.1) is 0 Å². The Labute approximate surface area is 154 Å². The third kappa shape index (κ3) is 4.73. The van der Waals surface area contributed by atoms with E-state index in [1.165, 1.54) is 11.3 Å². The number of rotatable bonds is 3. The first-order chi connectivity index (χ1) is 10.1. The van der Waals surface area contributed by atoms with Crippen molar-refractivity contribution in [1.29, 1.82) is 0 Å². The van der Waals surface area contributed by atoms with Crippen molar-refractivity contribution in [3.05, 3.63) is 39.3 Å². The molecule has 0 saturated carbocycles. The Bertz CT molecular complexity index is 680. The van der Waals surface area contributed by atoms with Gasteiger partial charge in [-0.05, 0) is 24.6 Å². The Morgan fingerprint density at radius 1 is 1.17 bits per heavy atom. The van der Waals surface area contributed by atoms with Crippen LogP contribution in [0.4, 0.5) is 5.13 Å². The van der Waals surface area contributed by atoms with Crippen molar-refractivity contribution in [2.24, 2.45) is 5.73 Å². The van der Waals surface area contributed by atoms with Gasteiger partial charge >= 0.3 is 0 Å². The lowest BCUT2D eigenvalue weighted by atomic mass is 9.92. The molecule has 0 fully saturated rings. The fourth-order valence-corrected chi connectivity index (χ4v) is 2.79. The number of carbonyl (C=O) groups excluding carboxylic acids is 1. The molecule has 1 atom stereocenters. The second-order valence-electron chi connectivity index (χ2n) is 6.33. The van der Waals surface area contributed by atoms with Crippen molar-refractivity contribution in [2.75, 3.05) is 5.32 Å². The van der Waals surface area contributed by atoms with Crippen LogP contribution < -0.4 is 11.1 Å². The zero-order valence-electron chi connectivity index (χ0n) is 13.4. The zero-order chi connectivity index (χ0) is 16.5. The summed E-state index contributed by atoms with van der Waals surface area (Å²) in [6.07, 6.45) is 0. The summed E-state index contributed by atoms with van der Waals surface area (Å²) in [5.41, 5.74) is 5.69. The molecule has 0 spiro atoms. The highest BCUT2D eigenvalue weighted by Crippen LogP contribution is 2.29. The summed E-state index contributed by atoms with van der Waals surface area (Å²) in [5.74, 6) is -0.313. The van der Waals surface area contributed by atoms with Gasteiger partial charge in [-0.3, -0.25) is 10.1 Å². The van der Waals surface area contributed by atoms with E-state index in [2.05, 4.69) is 31.4 Å². The number of nitrogens with one attached hydrogen (secondary N) is 1. The van der Waals surface area contributed by atoms with Gasteiger partial charge in [0.25, 0.3) is 5.91 Å². The number of hydrogen-bond donors (Lipinski definition) is 2. The van der Waals surface area contributed by atoms with Crippen molar-refractivity contribution in [3.8, 4) is 0 Å². The predicted molar refractivity (Wildman–Crippen MR) is 100 cm³/mol. The van der Waals surface area contributed by atoms with E-state index in [9.17, 15) is 4.79 Å². The molecule has 23 heavy (non-hydrogen) atoms. The van der Waals surface area contributed by atoms with Gasteiger partial charge in [-0.25, -0.2) is 0 Å². The molecule has 0 aliphatic rings. The van der Waals surface area contributed by atoms with Crippen LogP contribution in [-0.2, 0) is 15.7 Å². The van der Waals surface area contributed by atoms with Crippen LogP contribution in [0.5, 0.6) is 0 Å². The standard InChI is InChI=1S/C15H19BrN4OS.ClH/c1-14(2,3)12-19-20-13(22-12)18-11(21)15(4,17)9-5-7-10(16)8-6-9;/h5-8H,17H2,1-4H3,(H,18,20,21);1H. The average molecular weight is 420 g/mol. The molecule has 0 radical (unpaired) electrons. The van der Waals surface area contributed by atoms with Crippen LogP contribution >= 0.6 is 39.7 Å². The first-order valence-corrected chi connectivity index (χ1v) is 8.42. The van der Waals surface area contributed by atoms with E-state index in [4.69, 9.17) is 5.73 Å². The van der Waals surface area contributed by atoms with Crippen molar-refractivity contribution in [1.82, 2.24) is 10.2 Å². The summed E-state index contributed by atoms with van der Waals surface area (Å²) in [6, 6.07) is 7.36. The molecule has 8 heteroatoms. The van der Waals surface area contributed by atoms with Gasteiger partial charge in [0.2, 0.25) is 5.13 Å². The van der Waals surface area contributed by atoms with Gasteiger partial charge in [-0.2, -0.15) is 0 Å². The van der Waals surface area contributed by atoms with Crippen LogP contribution in [0.3, 0.4) is 0 Å². The SMILES string of the molecule is CC(C)(C)c1nnc(NC(=O)C(C)(N)c2ccc(Br)cc2)s1.Cl. The molecule has 1 aromatic heterocycles. The quantitative estimate of drug-likeness (QED) is 0.792. The molecular weight excluding hydrogens is 400 g/mol. The van der Waals surface area contributed by atoms with Crippen LogP contribution in [-0.4, -0.2) is 16.1 Å². The van der Waals surface area contributed by atoms with Gasteiger partial charge in [-0.1, -0.05) is 60.2 Å². The molecule has 126 valence electrons. The summed E-state index contributed by atoms with van der Waals surface area (Å²) in [5, 5.41) is 12.2. The van der Waals surface area contributed by atoms with E-state index in [0.717, 1.165) is 15.0 Å². The van der Waals surface area contributed by atoms with Gasteiger partial charge < -0.3 is 5.73 Å². The molecule has 1 amide bonds. The maximum Gasteiger partial charge on any atom is 0.250 e. The zero-order valence-corrected chi connectivity index (χ0v) is 16.6. The second-order valence-corrected chi connectivity index (χ2v) is 8.22. The minimum Gasteiger partial charge on any atom is -0.314 e. The largest absolute Gasteiger partial charge is 0.314 e. The molecular formula is C15H20BrClN4OS. The molecule has 0 bridgehead atoms. The van der Waals surface area contributed by atoms with Crippen LogP contribution in [0.2, 0.25) is 0 Å². The van der Waals surface area contributed by atoms with Gasteiger partial charge in [-0.15, -0.1) is 22.6 Å². The maximum absolute atomic E-state index is 12.5. The van der Waals surface area contributed by atoms with Crippen LogP contribution in [0.25, 0.3) is 0 Å². The smallest absolute Gasteiger partial charge is 0.250 e. The Hall–Kier alpha value is -1.02. The van der Waals surface area contributed by atoms with Crippen molar-refractivity contribution >= 4 is 50.7 Å². The first-order valence-electron chi connectivity index (χ1n) is 6.81. The van der Waals surface area contributed by atoms with Crippen molar-refractivity contribution in [2.45, 2.75) is 38.6 Å². The van der Waals surface area contributed by atoms with Gasteiger partial charge in [0.1, 0.15) is 10.5 Å². The fourth-order valence-electron chi connectivity index (χ4n) is 1.73. The maximum atomic E-state index is 12.5. The first kappa shape index (κ1) is 20.0. The highest BCUT2D eigenvalue weighted by atomic mass is 79.9. The summed E-state index contributed by atoms with van der Waals surface area (Å²) < 4.78 is 0.936. The molecule has 3 N–H and O–H groups in total.